The van der Waals surface area contributed by atoms with Crippen molar-refractivity contribution in [3.8, 4) is 11.3 Å². The van der Waals surface area contributed by atoms with Crippen molar-refractivity contribution in [3.05, 3.63) is 44.4 Å². The molecule has 0 fully saturated rings. The molecule has 0 aliphatic heterocycles. The lowest BCUT2D eigenvalue weighted by atomic mass is 10.1. The van der Waals surface area contributed by atoms with E-state index in [0.717, 1.165) is 0 Å². The maximum Gasteiger partial charge on any atom is 0.145 e. The molecule has 0 amide bonds. The quantitative estimate of drug-likeness (QED) is 0.767. The Balaban J connectivity index is 2.61. The van der Waals surface area contributed by atoms with E-state index in [1.807, 2.05) is 13.0 Å². The van der Waals surface area contributed by atoms with Gasteiger partial charge in [0.15, 0.2) is 0 Å². The number of pyridine rings is 1. The Bertz CT molecular complexity index is 614. The Hall–Kier alpha value is -0.670. The van der Waals surface area contributed by atoms with Gasteiger partial charge in [-0.15, -0.1) is 0 Å². The number of aromatic nitrogens is 1. The van der Waals surface area contributed by atoms with Gasteiger partial charge < -0.3 is 5.32 Å². The van der Waals surface area contributed by atoms with E-state index < -0.39 is 0 Å². The molecule has 0 aliphatic rings. The molecule has 0 bridgehead atoms. The van der Waals surface area contributed by atoms with Gasteiger partial charge in [0.05, 0.1) is 25.8 Å². The van der Waals surface area contributed by atoms with Gasteiger partial charge in [-0.3, -0.25) is 0 Å². The monoisotopic (exact) mass is 334 g/mol. The maximum absolute atomic E-state index is 6.18. The van der Waals surface area contributed by atoms with Crippen LogP contribution in [0.15, 0.2) is 24.3 Å². The Morgan fingerprint density at radius 1 is 1.05 bits per heavy atom. The number of halogens is 4. The molecule has 1 aromatic heterocycles. The molecule has 19 heavy (non-hydrogen) atoms. The largest absolute Gasteiger partial charge is 0.369 e. The molecule has 1 aromatic carbocycles. The summed E-state index contributed by atoms with van der Waals surface area (Å²) in [6.07, 6.45) is 0. The topological polar surface area (TPSA) is 24.9 Å². The molecule has 6 heteroatoms. The first kappa shape index (κ1) is 14.7. The zero-order chi connectivity index (χ0) is 14.0. The fourth-order valence-electron chi connectivity index (χ4n) is 1.63. The van der Waals surface area contributed by atoms with Crippen molar-refractivity contribution in [2.75, 3.05) is 11.9 Å². The molecule has 0 atom stereocenters. The lowest BCUT2D eigenvalue weighted by Gasteiger charge is -2.11. The molecule has 2 nitrogen and oxygen atoms in total. The van der Waals surface area contributed by atoms with Crippen LogP contribution in [0.25, 0.3) is 11.3 Å². The number of hydrogen-bond acceptors (Lipinski definition) is 2. The summed E-state index contributed by atoms with van der Waals surface area (Å²) in [4.78, 5) is 4.42. The normalized spacial score (nSPS) is 10.6. The molecule has 1 heterocycles. The molecule has 0 radical (unpaired) electrons. The highest BCUT2D eigenvalue weighted by atomic mass is 35.5. The van der Waals surface area contributed by atoms with Crippen LogP contribution < -0.4 is 5.32 Å². The number of hydrogen-bond donors (Lipinski definition) is 1. The lowest BCUT2D eigenvalue weighted by molar-refractivity contribution is 1.16. The predicted octanol–water partition coefficient (Wildman–Crippen LogP) is 5.79. The highest BCUT2D eigenvalue weighted by Gasteiger charge is 2.14. The van der Waals surface area contributed by atoms with E-state index in [2.05, 4.69) is 10.3 Å². The molecular weight excluding hydrogens is 326 g/mol. The van der Waals surface area contributed by atoms with Crippen molar-refractivity contribution in [3.63, 3.8) is 0 Å². The molecule has 0 saturated carbocycles. The Morgan fingerprint density at radius 3 is 2.47 bits per heavy atom. The van der Waals surface area contributed by atoms with Crippen LogP contribution in [0.5, 0.6) is 0 Å². The van der Waals surface area contributed by atoms with Crippen molar-refractivity contribution in [1.29, 1.82) is 0 Å². The summed E-state index contributed by atoms with van der Waals surface area (Å²) in [7, 11) is 0. The summed E-state index contributed by atoms with van der Waals surface area (Å²) >= 11 is 24.4. The van der Waals surface area contributed by atoms with Crippen LogP contribution in [0.3, 0.4) is 0 Å². The zero-order valence-electron chi connectivity index (χ0n) is 9.98. The Kier molecular flexibility index (Phi) is 4.80. The molecule has 2 aromatic rings. The minimum Gasteiger partial charge on any atom is -0.369 e. The van der Waals surface area contributed by atoms with E-state index in [-0.39, 0.29) is 0 Å². The Morgan fingerprint density at radius 2 is 1.79 bits per heavy atom. The first-order chi connectivity index (χ1) is 9.04. The van der Waals surface area contributed by atoms with Crippen LogP contribution in [0, 0.1) is 0 Å². The second-order valence-electron chi connectivity index (χ2n) is 3.78. The average molecular weight is 336 g/mol. The third kappa shape index (κ3) is 3.09. The number of nitrogens with one attached hydrogen (secondary N) is 1. The van der Waals surface area contributed by atoms with Gasteiger partial charge in [-0.05, 0) is 19.1 Å². The van der Waals surface area contributed by atoms with E-state index >= 15 is 0 Å². The number of benzene rings is 1. The van der Waals surface area contributed by atoms with Crippen LogP contribution in [0.1, 0.15) is 6.92 Å². The van der Waals surface area contributed by atoms with Crippen LogP contribution in [-0.2, 0) is 0 Å². The van der Waals surface area contributed by atoms with Crippen LogP contribution in [0.4, 0.5) is 5.82 Å². The van der Waals surface area contributed by atoms with Gasteiger partial charge in [0.25, 0.3) is 0 Å². The van der Waals surface area contributed by atoms with Gasteiger partial charge in [-0.25, -0.2) is 4.98 Å². The third-order valence-electron chi connectivity index (χ3n) is 2.48. The van der Waals surface area contributed by atoms with Gasteiger partial charge >= 0.3 is 0 Å². The first-order valence-corrected chi connectivity index (χ1v) is 7.10. The Labute approximate surface area is 131 Å². The summed E-state index contributed by atoms with van der Waals surface area (Å²) in [5, 5.41) is 4.84. The molecular formula is C13H10Cl4N2. The minimum atomic E-state index is 0.420. The number of nitrogens with zero attached hydrogens (tertiary/aromatic N) is 1. The lowest BCUT2D eigenvalue weighted by Crippen LogP contribution is -2.01. The maximum atomic E-state index is 6.18. The number of anilines is 1. The van der Waals surface area contributed by atoms with Crippen LogP contribution >= 0.6 is 46.4 Å². The minimum absolute atomic E-state index is 0.420. The van der Waals surface area contributed by atoms with E-state index in [0.29, 0.717) is 43.7 Å². The second kappa shape index (κ2) is 6.19. The van der Waals surface area contributed by atoms with E-state index in [9.17, 15) is 0 Å². The zero-order valence-corrected chi connectivity index (χ0v) is 13.0. The molecule has 0 unspecified atom stereocenters. The van der Waals surface area contributed by atoms with Crippen molar-refractivity contribution >= 4 is 52.2 Å². The molecule has 2 rings (SSSR count). The van der Waals surface area contributed by atoms with E-state index in [1.165, 1.54) is 0 Å². The summed E-state index contributed by atoms with van der Waals surface area (Å²) in [5.41, 5.74) is 1.23. The highest BCUT2D eigenvalue weighted by Crippen LogP contribution is 2.38. The summed E-state index contributed by atoms with van der Waals surface area (Å²) in [6, 6.07) is 6.96. The number of rotatable bonds is 3. The van der Waals surface area contributed by atoms with Gasteiger partial charge in [0, 0.05) is 12.1 Å². The SMILES string of the molecule is CCNc1nc(-c2cccc(Cl)c2Cl)c(Cl)cc1Cl. The third-order valence-corrected chi connectivity index (χ3v) is 3.88. The van der Waals surface area contributed by atoms with Crippen molar-refractivity contribution in [2.24, 2.45) is 0 Å². The molecule has 1 N–H and O–H groups in total. The second-order valence-corrected chi connectivity index (χ2v) is 5.38. The fourth-order valence-corrected chi connectivity index (χ4v) is 2.55. The highest BCUT2D eigenvalue weighted by molar-refractivity contribution is 6.44. The molecule has 100 valence electrons. The molecule has 0 aliphatic carbocycles. The van der Waals surface area contributed by atoms with E-state index in [1.54, 1.807) is 18.2 Å². The van der Waals surface area contributed by atoms with Gasteiger partial charge in [-0.2, -0.15) is 0 Å². The average Bonchev–Trinajstić information content (AvgIpc) is 2.37. The van der Waals surface area contributed by atoms with Gasteiger partial charge in [-0.1, -0.05) is 58.5 Å². The fraction of sp³-hybridized carbons (Fsp3) is 0.154. The van der Waals surface area contributed by atoms with Crippen molar-refractivity contribution < 1.29 is 0 Å². The van der Waals surface area contributed by atoms with Crippen LogP contribution in [-0.4, -0.2) is 11.5 Å². The standard InChI is InChI=1S/C13H10Cl4N2/c1-2-18-13-10(16)6-9(15)12(19-13)7-4-3-5-8(14)11(7)17/h3-6H,2H2,1H3,(H,18,19). The van der Waals surface area contributed by atoms with Crippen molar-refractivity contribution in [2.45, 2.75) is 6.92 Å². The smallest absolute Gasteiger partial charge is 0.145 e. The van der Waals surface area contributed by atoms with Gasteiger partial charge in [0.1, 0.15) is 5.82 Å². The summed E-state index contributed by atoms with van der Waals surface area (Å²) < 4.78 is 0. The summed E-state index contributed by atoms with van der Waals surface area (Å²) in [5.74, 6) is 0.569. The van der Waals surface area contributed by atoms with Crippen molar-refractivity contribution in [1.82, 2.24) is 4.98 Å². The molecule has 0 saturated heterocycles. The first-order valence-electron chi connectivity index (χ1n) is 5.59. The van der Waals surface area contributed by atoms with Gasteiger partial charge in [0.2, 0.25) is 0 Å². The summed E-state index contributed by atoms with van der Waals surface area (Å²) in [6.45, 7) is 2.66. The van der Waals surface area contributed by atoms with E-state index in [4.69, 9.17) is 46.4 Å². The molecule has 0 spiro atoms. The van der Waals surface area contributed by atoms with Crippen LogP contribution in [0.2, 0.25) is 20.1 Å². The predicted molar refractivity (Wildman–Crippen MR) is 83.9 cm³/mol.